The van der Waals surface area contributed by atoms with Gasteiger partial charge in [-0.1, -0.05) is 39.7 Å². The lowest BCUT2D eigenvalue weighted by atomic mass is 9.89. The summed E-state index contributed by atoms with van der Waals surface area (Å²) >= 11 is 0. The Kier molecular flexibility index (Phi) is 5.38. The monoisotopic (exact) mass is 205 g/mol. The highest BCUT2D eigenvalue weighted by molar-refractivity contribution is 5.04. The van der Waals surface area contributed by atoms with E-state index in [9.17, 15) is 0 Å². The Labute approximate surface area is 93.9 Å². The zero-order valence-electron chi connectivity index (χ0n) is 10.2. The molecule has 1 atom stereocenters. The fraction of sp³-hybridized carbons (Fsp3) is 0.643. The number of aromatic nitrogens is 1. The van der Waals surface area contributed by atoms with Crippen molar-refractivity contribution in [2.75, 3.05) is 0 Å². The fourth-order valence-electron chi connectivity index (χ4n) is 2.19. The molecule has 0 amide bonds. The van der Waals surface area contributed by atoms with Crippen molar-refractivity contribution in [3.8, 4) is 0 Å². The summed E-state index contributed by atoms with van der Waals surface area (Å²) in [7, 11) is 0. The van der Waals surface area contributed by atoms with Gasteiger partial charge in [-0.15, -0.1) is 0 Å². The molecule has 0 saturated carbocycles. The van der Waals surface area contributed by atoms with Crippen LogP contribution in [0.25, 0.3) is 0 Å². The second-order valence-electron chi connectivity index (χ2n) is 4.81. The second-order valence-corrected chi connectivity index (χ2v) is 4.81. The third kappa shape index (κ3) is 4.96. The van der Waals surface area contributed by atoms with Crippen molar-refractivity contribution in [3.63, 3.8) is 0 Å². The molecule has 15 heavy (non-hydrogen) atoms. The molecule has 0 bridgehead atoms. The van der Waals surface area contributed by atoms with Gasteiger partial charge in [-0.05, 0) is 36.8 Å². The predicted octanol–water partition coefficient (Wildman–Crippen LogP) is 4.09. The smallest absolute Gasteiger partial charge is 0.0406 e. The first-order valence-corrected chi connectivity index (χ1v) is 6.12. The van der Waals surface area contributed by atoms with Crippen LogP contribution in [0.2, 0.25) is 0 Å². The molecule has 1 nitrogen and oxygen atoms in total. The lowest BCUT2D eigenvalue weighted by Crippen LogP contribution is -2.08. The van der Waals surface area contributed by atoms with Crippen LogP contribution < -0.4 is 0 Å². The Hall–Kier alpha value is -0.850. The highest BCUT2D eigenvalue weighted by atomic mass is 14.7. The zero-order valence-corrected chi connectivity index (χ0v) is 10.2. The molecule has 84 valence electrons. The summed E-state index contributed by atoms with van der Waals surface area (Å²) in [6, 6.07) is 6.21. The standard InChI is InChI=1S/C14H23N/c1-4-7-13(10-12(2)3)11-14-8-5-6-9-15-14/h5-6,8-9,12-13H,4,7,10-11H2,1-3H3. The Balaban J connectivity index is 2.50. The van der Waals surface area contributed by atoms with Crippen LogP contribution in [-0.2, 0) is 6.42 Å². The van der Waals surface area contributed by atoms with Gasteiger partial charge in [0.05, 0.1) is 0 Å². The zero-order chi connectivity index (χ0) is 11.1. The Morgan fingerprint density at radius 3 is 2.60 bits per heavy atom. The molecule has 0 aliphatic heterocycles. The highest BCUT2D eigenvalue weighted by Crippen LogP contribution is 2.20. The van der Waals surface area contributed by atoms with Crippen molar-refractivity contribution in [3.05, 3.63) is 30.1 Å². The Morgan fingerprint density at radius 1 is 1.27 bits per heavy atom. The first-order valence-electron chi connectivity index (χ1n) is 6.12. The van der Waals surface area contributed by atoms with Crippen LogP contribution in [0.5, 0.6) is 0 Å². The van der Waals surface area contributed by atoms with Gasteiger partial charge >= 0.3 is 0 Å². The van der Waals surface area contributed by atoms with Crippen molar-refractivity contribution in [1.29, 1.82) is 0 Å². The molecule has 0 aliphatic rings. The van der Waals surface area contributed by atoms with E-state index >= 15 is 0 Å². The number of hydrogen-bond acceptors (Lipinski definition) is 1. The molecule has 0 radical (unpaired) electrons. The maximum absolute atomic E-state index is 4.41. The SMILES string of the molecule is CCCC(Cc1ccccn1)CC(C)C. The summed E-state index contributed by atoms with van der Waals surface area (Å²) in [6.45, 7) is 6.88. The topological polar surface area (TPSA) is 12.9 Å². The number of rotatable bonds is 6. The van der Waals surface area contributed by atoms with Gasteiger partial charge in [0.1, 0.15) is 0 Å². The van der Waals surface area contributed by atoms with E-state index in [1.54, 1.807) is 0 Å². The quantitative estimate of drug-likeness (QED) is 0.681. The Morgan fingerprint density at radius 2 is 2.07 bits per heavy atom. The van der Waals surface area contributed by atoms with Crippen molar-refractivity contribution in [2.45, 2.75) is 46.5 Å². The lowest BCUT2D eigenvalue weighted by molar-refractivity contribution is 0.378. The van der Waals surface area contributed by atoms with E-state index in [0.29, 0.717) is 0 Å². The van der Waals surface area contributed by atoms with E-state index in [0.717, 1.165) is 18.3 Å². The minimum atomic E-state index is 0.797. The average molecular weight is 205 g/mol. The summed E-state index contributed by atoms with van der Waals surface area (Å²) in [6.07, 6.45) is 6.98. The van der Waals surface area contributed by atoms with E-state index in [1.165, 1.54) is 25.0 Å². The Bertz CT molecular complexity index is 253. The van der Waals surface area contributed by atoms with Crippen LogP contribution >= 0.6 is 0 Å². The average Bonchev–Trinajstić information content (AvgIpc) is 2.18. The molecule has 1 heterocycles. The van der Waals surface area contributed by atoms with Crippen molar-refractivity contribution < 1.29 is 0 Å². The summed E-state index contributed by atoms with van der Waals surface area (Å²) in [5.41, 5.74) is 1.25. The lowest BCUT2D eigenvalue weighted by Gasteiger charge is -2.17. The molecule has 0 N–H and O–H groups in total. The van der Waals surface area contributed by atoms with E-state index < -0.39 is 0 Å². The molecule has 0 aliphatic carbocycles. The third-order valence-electron chi connectivity index (χ3n) is 2.73. The number of hydrogen-bond donors (Lipinski definition) is 0. The van der Waals surface area contributed by atoms with Gasteiger partial charge in [-0.2, -0.15) is 0 Å². The van der Waals surface area contributed by atoms with Crippen molar-refractivity contribution in [1.82, 2.24) is 4.98 Å². The van der Waals surface area contributed by atoms with Crippen LogP contribution in [0.3, 0.4) is 0 Å². The summed E-state index contributed by atoms with van der Waals surface area (Å²) in [5, 5.41) is 0. The van der Waals surface area contributed by atoms with E-state index in [1.807, 2.05) is 12.3 Å². The van der Waals surface area contributed by atoms with Gasteiger partial charge in [0.15, 0.2) is 0 Å². The van der Waals surface area contributed by atoms with Crippen molar-refractivity contribution >= 4 is 0 Å². The molecule has 0 saturated heterocycles. The fourth-order valence-corrected chi connectivity index (χ4v) is 2.19. The van der Waals surface area contributed by atoms with Crippen LogP contribution in [0.4, 0.5) is 0 Å². The van der Waals surface area contributed by atoms with Gasteiger partial charge in [-0.25, -0.2) is 0 Å². The molecule has 0 aromatic carbocycles. The number of pyridine rings is 1. The van der Waals surface area contributed by atoms with Gasteiger partial charge in [0.2, 0.25) is 0 Å². The van der Waals surface area contributed by atoms with Crippen LogP contribution in [-0.4, -0.2) is 4.98 Å². The van der Waals surface area contributed by atoms with Crippen LogP contribution in [0, 0.1) is 11.8 Å². The molecule has 1 heteroatoms. The van der Waals surface area contributed by atoms with Crippen LogP contribution in [0.15, 0.2) is 24.4 Å². The first-order chi connectivity index (χ1) is 7.22. The minimum absolute atomic E-state index is 0.797. The normalized spacial score (nSPS) is 13.1. The third-order valence-corrected chi connectivity index (χ3v) is 2.73. The molecule has 0 fully saturated rings. The van der Waals surface area contributed by atoms with Crippen LogP contribution in [0.1, 0.15) is 45.7 Å². The van der Waals surface area contributed by atoms with E-state index in [4.69, 9.17) is 0 Å². The predicted molar refractivity (Wildman–Crippen MR) is 65.8 cm³/mol. The molecule has 0 spiro atoms. The molecule has 1 rings (SSSR count). The molecule has 1 aromatic rings. The summed E-state index contributed by atoms with van der Waals surface area (Å²) in [4.78, 5) is 4.41. The molecule has 1 aromatic heterocycles. The maximum Gasteiger partial charge on any atom is 0.0406 e. The van der Waals surface area contributed by atoms with Gasteiger partial charge < -0.3 is 0 Å². The van der Waals surface area contributed by atoms with E-state index in [2.05, 4.69) is 37.9 Å². The summed E-state index contributed by atoms with van der Waals surface area (Å²) in [5.74, 6) is 1.61. The highest BCUT2D eigenvalue weighted by Gasteiger charge is 2.11. The maximum atomic E-state index is 4.41. The second kappa shape index (κ2) is 6.60. The van der Waals surface area contributed by atoms with E-state index in [-0.39, 0.29) is 0 Å². The number of nitrogens with zero attached hydrogens (tertiary/aromatic N) is 1. The van der Waals surface area contributed by atoms with Crippen molar-refractivity contribution in [2.24, 2.45) is 11.8 Å². The van der Waals surface area contributed by atoms with Gasteiger partial charge in [0.25, 0.3) is 0 Å². The molecular formula is C14H23N. The first kappa shape index (κ1) is 12.2. The minimum Gasteiger partial charge on any atom is -0.261 e. The molecular weight excluding hydrogens is 182 g/mol. The van der Waals surface area contributed by atoms with Gasteiger partial charge in [0, 0.05) is 11.9 Å². The van der Waals surface area contributed by atoms with Gasteiger partial charge in [-0.3, -0.25) is 4.98 Å². The molecule has 1 unspecified atom stereocenters. The largest absolute Gasteiger partial charge is 0.261 e. The summed E-state index contributed by atoms with van der Waals surface area (Å²) < 4.78 is 0.